The van der Waals surface area contributed by atoms with Crippen LogP contribution in [0.25, 0.3) is 53.1 Å². The number of alkyl halides is 3. The summed E-state index contributed by atoms with van der Waals surface area (Å²) in [6.45, 7) is 31.6. The Labute approximate surface area is 274 Å². The quantitative estimate of drug-likeness (QED) is 0.156. The molecule has 0 spiro atoms. The van der Waals surface area contributed by atoms with E-state index < -0.39 is 84.9 Å². The van der Waals surface area contributed by atoms with Gasteiger partial charge in [-0.3, -0.25) is 0 Å². The van der Waals surface area contributed by atoms with Gasteiger partial charge in [-0.05, 0) is 46.5 Å². The minimum atomic E-state index is -5.48. The van der Waals surface area contributed by atoms with Gasteiger partial charge < -0.3 is 0 Å². The summed E-state index contributed by atoms with van der Waals surface area (Å²) in [4.78, 5) is 13.1. The smallest absolute Gasteiger partial charge is 0.238 e. The summed E-state index contributed by atoms with van der Waals surface area (Å²) in [5.74, 6) is -3.19. The fourth-order valence-corrected chi connectivity index (χ4v) is 5.86. The summed E-state index contributed by atoms with van der Waals surface area (Å²) in [5.41, 5.74) is -12.2. The highest BCUT2D eigenvalue weighted by molar-refractivity contribution is 6.19. The zero-order chi connectivity index (χ0) is 35.9. The molecule has 2 aliphatic rings. The summed E-state index contributed by atoms with van der Waals surface area (Å²) in [5, 5.41) is 39.1. The Morgan fingerprint density at radius 1 is 0.673 bits per heavy atom. The van der Waals surface area contributed by atoms with Gasteiger partial charge in [0, 0.05) is 39.0 Å². The summed E-state index contributed by atoms with van der Waals surface area (Å²) >= 11 is 0. The van der Waals surface area contributed by atoms with Crippen molar-refractivity contribution in [2.24, 2.45) is 0 Å². The third kappa shape index (κ3) is 4.83. The standard InChI is InChI=1S/C36H9F5N8/c1-16-25(35(49-5)20-7-18(13-43)9-22(11-20)47-3)28-30(34(16)48-4)32(37)27-24(15-45)31(36(39,40)41)26(29(27)33(28)38)23(14-44)19-6-17(12-42)8-21(10-19)46-2/h6-11H,1H3/b26-23+,35-25?. The molecule has 0 saturated heterocycles. The summed E-state index contributed by atoms with van der Waals surface area (Å²) < 4.78 is 78.5. The van der Waals surface area contributed by atoms with E-state index >= 15 is 8.78 Å². The molecule has 0 fully saturated rings. The van der Waals surface area contributed by atoms with Crippen LogP contribution in [0.2, 0.25) is 0 Å². The molecule has 8 nitrogen and oxygen atoms in total. The van der Waals surface area contributed by atoms with Gasteiger partial charge in [0.1, 0.15) is 23.8 Å². The second-order valence-corrected chi connectivity index (χ2v) is 10.3. The van der Waals surface area contributed by atoms with Crippen LogP contribution < -0.4 is 0 Å². The highest BCUT2D eigenvalue weighted by atomic mass is 19.4. The summed E-state index contributed by atoms with van der Waals surface area (Å²) in [6.07, 6.45) is -5.48. The van der Waals surface area contributed by atoms with Gasteiger partial charge in [-0.2, -0.15) is 34.2 Å². The van der Waals surface area contributed by atoms with Crippen LogP contribution in [-0.4, -0.2) is 6.18 Å². The second kappa shape index (κ2) is 11.8. The molecule has 0 aliphatic heterocycles. The highest BCUT2D eigenvalue weighted by Gasteiger charge is 2.50. The number of hydrogen-bond acceptors (Lipinski definition) is 4. The molecule has 0 radical (unpaired) electrons. The number of fused-ring (bicyclic) bond motifs is 2. The van der Waals surface area contributed by atoms with E-state index in [1.54, 1.807) is 12.1 Å². The maximum absolute atomic E-state index is 17.2. The van der Waals surface area contributed by atoms with Crippen LogP contribution >= 0.6 is 0 Å². The number of hydrogen-bond donors (Lipinski definition) is 0. The molecule has 0 aromatic heterocycles. The molecule has 5 rings (SSSR count). The Bertz CT molecular complexity index is 2530. The van der Waals surface area contributed by atoms with Gasteiger partial charge in [-0.15, -0.1) is 0 Å². The zero-order valence-electron chi connectivity index (χ0n) is 24.4. The van der Waals surface area contributed by atoms with Gasteiger partial charge in [0.15, 0.2) is 22.8 Å². The molecule has 0 amide bonds. The summed E-state index contributed by atoms with van der Waals surface area (Å²) in [7, 11) is 0. The molecule has 0 saturated carbocycles. The lowest BCUT2D eigenvalue weighted by atomic mass is 9.88. The van der Waals surface area contributed by atoms with Gasteiger partial charge in [0.2, 0.25) is 0 Å². The fraction of sp³-hybridized carbons (Fsp3) is 0.0556. The van der Waals surface area contributed by atoms with Gasteiger partial charge in [-0.25, -0.2) is 28.2 Å². The van der Waals surface area contributed by atoms with Gasteiger partial charge >= 0.3 is 6.18 Å². The minimum absolute atomic E-state index is 0.0731. The second-order valence-electron chi connectivity index (χ2n) is 10.3. The van der Waals surface area contributed by atoms with Crippen molar-refractivity contribution >= 4 is 45.1 Å². The molecule has 2 aliphatic carbocycles. The van der Waals surface area contributed by atoms with Crippen LogP contribution in [0, 0.1) is 83.2 Å². The highest BCUT2D eigenvalue weighted by Crippen LogP contribution is 2.58. The van der Waals surface area contributed by atoms with E-state index in [9.17, 15) is 34.2 Å². The van der Waals surface area contributed by atoms with Gasteiger partial charge in [-0.1, -0.05) is 19.1 Å². The molecule has 3 aromatic carbocycles. The lowest BCUT2D eigenvalue weighted by Crippen LogP contribution is -2.13. The van der Waals surface area contributed by atoms with Crippen molar-refractivity contribution in [1.82, 2.24) is 0 Å². The lowest BCUT2D eigenvalue weighted by molar-refractivity contribution is -0.0862. The SMILES string of the molecule is [C-]#[N+]C(=C1C(C)=C([N+]#[C-])c2c(F)c3c(c(F)c21)/C(=C(/C#N)c1cc(C#N)cc([N+]#[C-])c1)C(C(F)(F)F)=C3C#N)c1cc(C#N)cc([N+]#[C-])c1. The summed E-state index contributed by atoms with van der Waals surface area (Å²) in [6, 6.07) is 13.0. The Morgan fingerprint density at radius 3 is 1.67 bits per heavy atom. The van der Waals surface area contributed by atoms with E-state index in [1.165, 1.54) is 31.2 Å². The zero-order valence-corrected chi connectivity index (χ0v) is 24.4. The van der Waals surface area contributed by atoms with Crippen LogP contribution in [0.1, 0.15) is 51.4 Å². The van der Waals surface area contributed by atoms with Crippen LogP contribution in [0.15, 0.2) is 47.5 Å². The number of nitriles is 4. The van der Waals surface area contributed by atoms with Gasteiger partial charge in [0.05, 0.1) is 55.1 Å². The van der Waals surface area contributed by atoms with Crippen LogP contribution in [0.4, 0.5) is 33.3 Å². The van der Waals surface area contributed by atoms with E-state index in [2.05, 4.69) is 19.4 Å². The van der Waals surface area contributed by atoms with Crippen molar-refractivity contribution in [1.29, 1.82) is 21.0 Å². The molecule has 0 unspecified atom stereocenters. The Kier molecular flexibility index (Phi) is 7.88. The Balaban J connectivity index is 2.06. The molecule has 13 heteroatoms. The van der Waals surface area contributed by atoms with E-state index in [-0.39, 0.29) is 33.6 Å². The van der Waals surface area contributed by atoms with E-state index in [0.717, 1.165) is 18.2 Å². The maximum atomic E-state index is 17.2. The number of halogens is 5. The average Bonchev–Trinajstić information content (AvgIpc) is 3.60. The molecule has 0 N–H and O–H groups in total. The first-order valence-electron chi connectivity index (χ1n) is 13.3. The topological polar surface area (TPSA) is 113 Å². The maximum Gasteiger partial charge on any atom is 0.418 e. The van der Waals surface area contributed by atoms with E-state index in [0.29, 0.717) is 0 Å². The third-order valence-electron chi connectivity index (χ3n) is 7.73. The normalized spacial score (nSPS) is 14.9. The number of allylic oxidation sites excluding steroid dienone is 6. The molecule has 0 bridgehead atoms. The van der Waals surface area contributed by atoms with Crippen LogP contribution in [0.3, 0.4) is 0 Å². The molecular weight excluding hydrogens is 639 g/mol. The number of benzene rings is 3. The number of rotatable bonds is 2. The van der Waals surface area contributed by atoms with E-state index in [4.69, 9.17) is 26.3 Å². The van der Waals surface area contributed by atoms with Crippen molar-refractivity contribution in [2.75, 3.05) is 0 Å². The average molecular weight is 649 g/mol. The minimum Gasteiger partial charge on any atom is -0.238 e. The van der Waals surface area contributed by atoms with E-state index in [1.807, 2.05) is 6.07 Å². The first-order valence-corrected chi connectivity index (χ1v) is 13.3. The van der Waals surface area contributed by atoms with Gasteiger partial charge in [0.25, 0.3) is 0 Å². The Morgan fingerprint density at radius 2 is 1.20 bits per heavy atom. The van der Waals surface area contributed by atoms with Crippen molar-refractivity contribution in [3.05, 3.63) is 149 Å². The first kappa shape index (κ1) is 32.6. The molecule has 0 atom stereocenters. The fourth-order valence-electron chi connectivity index (χ4n) is 5.86. The lowest BCUT2D eigenvalue weighted by Gasteiger charge is -2.18. The van der Waals surface area contributed by atoms with Crippen molar-refractivity contribution < 1.29 is 22.0 Å². The number of nitrogens with zero attached hydrogens (tertiary/aromatic N) is 8. The molecular formula is C36H9F5N8. The van der Waals surface area contributed by atoms with Crippen LogP contribution in [-0.2, 0) is 0 Å². The van der Waals surface area contributed by atoms with Crippen molar-refractivity contribution in [3.63, 3.8) is 0 Å². The monoisotopic (exact) mass is 648 g/mol. The molecule has 0 heterocycles. The van der Waals surface area contributed by atoms with Crippen LogP contribution in [0.5, 0.6) is 0 Å². The predicted molar refractivity (Wildman–Crippen MR) is 165 cm³/mol. The third-order valence-corrected chi connectivity index (χ3v) is 7.73. The van der Waals surface area contributed by atoms with Crippen molar-refractivity contribution in [3.8, 4) is 24.3 Å². The Hall–Kier alpha value is -7.81. The molecule has 228 valence electrons. The molecule has 3 aromatic rings. The molecule has 49 heavy (non-hydrogen) atoms. The van der Waals surface area contributed by atoms with Crippen molar-refractivity contribution in [2.45, 2.75) is 13.1 Å². The predicted octanol–water partition coefficient (Wildman–Crippen LogP) is 9.55. The first-order chi connectivity index (χ1) is 23.3. The largest absolute Gasteiger partial charge is 0.418 e.